The second kappa shape index (κ2) is 9.97. The maximum absolute atomic E-state index is 13.6. The van der Waals surface area contributed by atoms with Gasteiger partial charge in [0.05, 0.1) is 19.3 Å². The monoisotopic (exact) mass is 437 g/mol. The largest absolute Gasteiger partial charge is 0.485 e. The van der Waals surface area contributed by atoms with Crippen LogP contribution < -0.4 is 10.1 Å². The van der Waals surface area contributed by atoms with E-state index in [2.05, 4.69) is 55.9 Å². The fourth-order valence-electron chi connectivity index (χ4n) is 2.93. The van der Waals surface area contributed by atoms with E-state index < -0.39 is 23.5 Å². The van der Waals surface area contributed by atoms with Crippen LogP contribution in [0.15, 0.2) is 16.6 Å². The van der Waals surface area contributed by atoms with Gasteiger partial charge in [-0.2, -0.15) is 0 Å². The lowest BCUT2D eigenvalue weighted by atomic mass is 9.82. The van der Waals surface area contributed by atoms with Crippen LogP contribution in [0.25, 0.3) is 0 Å². The lowest BCUT2D eigenvalue weighted by Gasteiger charge is -2.34. The van der Waals surface area contributed by atoms with Crippen molar-refractivity contribution in [1.82, 2.24) is 5.32 Å². The van der Waals surface area contributed by atoms with E-state index in [1.165, 1.54) is 0 Å². The number of aliphatic hydroxyl groups excluding tert-OH is 1. The normalized spacial score (nSPS) is 13.7. The molecule has 0 saturated carbocycles. The molecule has 150 valence electrons. The van der Waals surface area contributed by atoms with Crippen molar-refractivity contribution in [1.29, 1.82) is 0 Å². The number of halogens is 3. The lowest BCUT2D eigenvalue weighted by molar-refractivity contribution is 0.0203. The standard InChI is InChI=1S/C19H30BrF2NO3/c1-18(2,3)12-19(4,5)23-10-14(24)11-25-6-7-26-17-15(21)8-13(20)9-16(17)22/h8-9,14,23-24H,6-7,10-12H2,1-5H3. The highest BCUT2D eigenvalue weighted by molar-refractivity contribution is 9.10. The van der Waals surface area contributed by atoms with E-state index in [0.717, 1.165) is 18.6 Å². The van der Waals surface area contributed by atoms with Crippen molar-refractivity contribution in [2.45, 2.75) is 52.7 Å². The van der Waals surface area contributed by atoms with Crippen molar-refractivity contribution in [3.8, 4) is 5.75 Å². The fraction of sp³-hybridized carbons (Fsp3) is 0.684. The van der Waals surface area contributed by atoms with Gasteiger partial charge in [0, 0.05) is 16.6 Å². The molecule has 7 heteroatoms. The molecule has 1 aromatic carbocycles. The molecule has 1 aromatic rings. The molecule has 4 nitrogen and oxygen atoms in total. The minimum atomic E-state index is -0.776. The molecule has 1 unspecified atom stereocenters. The van der Waals surface area contributed by atoms with Crippen molar-refractivity contribution in [2.24, 2.45) is 5.41 Å². The van der Waals surface area contributed by atoms with Crippen LogP contribution in [0.4, 0.5) is 8.78 Å². The van der Waals surface area contributed by atoms with Gasteiger partial charge in [-0.3, -0.25) is 0 Å². The zero-order valence-electron chi connectivity index (χ0n) is 16.2. The Morgan fingerprint density at radius 1 is 1.12 bits per heavy atom. The molecule has 2 N–H and O–H groups in total. The Morgan fingerprint density at radius 3 is 2.23 bits per heavy atom. The van der Waals surface area contributed by atoms with Crippen molar-refractivity contribution in [2.75, 3.05) is 26.4 Å². The van der Waals surface area contributed by atoms with E-state index in [0.29, 0.717) is 11.0 Å². The molecule has 0 heterocycles. The van der Waals surface area contributed by atoms with Gasteiger partial charge < -0.3 is 19.9 Å². The smallest absolute Gasteiger partial charge is 0.190 e. The summed E-state index contributed by atoms with van der Waals surface area (Å²) in [5.41, 5.74) is 0.0891. The van der Waals surface area contributed by atoms with E-state index in [9.17, 15) is 13.9 Å². The van der Waals surface area contributed by atoms with Crippen LogP contribution in [0.5, 0.6) is 5.75 Å². The molecular formula is C19H30BrF2NO3. The highest BCUT2D eigenvalue weighted by Crippen LogP contribution is 2.27. The average molecular weight is 438 g/mol. The molecule has 0 radical (unpaired) electrons. The summed E-state index contributed by atoms with van der Waals surface area (Å²) in [6.45, 7) is 11.4. The van der Waals surface area contributed by atoms with Gasteiger partial charge in [0.1, 0.15) is 6.61 Å². The Morgan fingerprint density at radius 2 is 1.69 bits per heavy atom. The lowest BCUT2D eigenvalue weighted by Crippen LogP contribution is -2.46. The molecular weight excluding hydrogens is 408 g/mol. The third-order valence-electron chi connectivity index (χ3n) is 3.54. The van der Waals surface area contributed by atoms with E-state index in [1.807, 2.05) is 0 Å². The van der Waals surface area contributed by atoms with Crippen LogP contribution in [0, 0.1) is 17.0 Å². The third-order valence-corrected chi connectivity index (χ3v) is 3.99. The van der Waals surface area contributed by atoms with Gasteiger partial charge in [0.25, 0.3) is 0 Å². The first-order chi connectivity index (χ1) is 11.9. The van der Waals surface area contributed by atoms with Gasteiger partial charge in [0.2, 0.25) is 0 Å². The second-order valence-electron chi connectivity index (χ2n) is 8.28. The minimum Gasteiger partial charge on any atom is -0.485 e. The summed E-state index contributed by atoms with van der Waals surface area (Å²) in [6, 6.07) is 2.27. The predicted molar refractivity (Wildman–Crippen MR) is 103 cm³/mol. The number of aliphatic hydroxyl groups is 1. The first-order valence-electron chi connectivity index (χ1n) is 8.68. The Bertz CT molecular complexity index is 553. The highest BCUT2D eigenvalue weighted by atomic mass is 79.9. The molecule has 1 rings (SSSR count). The number of ether oxygens (including phenoxy) is 2. The van der Waals surface area contributed by atoms with Crippen molar-refractivity contribution >= 4 is 15.9 Å². The number of β-amino-alcohol motifs (C(OH)–C–C–N with tert-alkyl or cyclic N) is 1. The van der Waals surface area contributed by atoms with Crippen molar-refractivity contribution in [3.05, 3.63) is 28.2 Å². The van der Waals surface area contributed by atoms with Gasteiger partial charge >= 0.3 is 0 Å². The minimum absolute atomic E-state index is 0.00879. The maximum atomic E-state index is 13.6. The number of rotatable bonds is 10. The fourth-order valence-corrected chi connectivity index (χ4v) is 3.33. The molecule has 0 fully saturated rings. The molecule has 0 bridgehead atoms. The molecule has 1 atom stereocenters. The summed E-state index contributed by atoms with van der Waals surface area (Å²) in [5, 5.41) is 13.3. The topological polar surface area (TPSA) is 50.7 Å². The molecule has 0 saturated heterocycles. The maximum Gasteiger partial charge on any atom is 0.190 e. The molecule has 0 aliphatic carbocycles. The number of hydrogen-bond donors (Lipinski definition) is 2. The molecule has 0 aliphatic rings. The van der Waals surface area contributed by atoms with Crippen LogP contribution in [0.1, 0.15) is 41.0 Å². The molecule has 26 heavy (non-hydrogen) atoms. The zero-order valence-corrected chi connectivity index (χ0v) is 17.8. The molecule has 0 spiro atoms. The number of benzene rings is 1. The van der Waals surface area contributed by atoms with E-state index >= 15 is 0 Å². The second-order valence-corrected chi connectivity index (χ2v) is 9.19. The Balaban J connectivity index is 2.26. The van der Waals surface area contributed by atoms with Crippen LogP contribution in [-0.2, 0) is 4.74 Å². The van der Waals surface area contributed by atoms with E-state index in [1.54, 1.807) is 0 Å². The van der Waals surface area contributed by atoms with Crippen LogP contribution in [0.3, 0.4) is 0 Å². The Labute approximate surface area is 163 Å². The van der Waals surface area contributed by atoms with Crippen molar-refractivity contribution < 1.29 is 23.4 Å². The summed E-state index contributed by atoms with van der Waals surface area (Å²) in [4.78, 5) is 0. The summed E-state index contributed by atoms with van der Waals surface area (Å²) < 4.78 is 37.9. The summed E-state index contributed by atoms with van der Waals surface area (Å²) in [6.07, 6.45) is 0.293. The molecule has 0 aliphatic heterocycles. The van der Waals surface area contributed by atoms with Gasteiger partial charge in [-0.25, -0.2) is 8.78 Å². The summed E-state index contributed by atoms with van der Waals surface area (Å²) >= 11 is 3.01. The van der Waals surface area contributed by atoms with Crippen LogP contribution >= 0.6 is 15.9 Å². The van der Waals surface area contributed by atoms with Gasteiger partial charge in [-0.1, -0.05) is 36.7 Å². The third kappa shape index (κ3) is 9.26. The van der Waals surface area contributed by atoms with E-state index in [-0.39, 0.29) is 30.8 Å². The SMILES string of the molecule is CC(C)(C)CC(C)(C)NCC(O)COCCOc1c(F)cc(Br)cc1F. The summed E-state index contributed by atoms with van der Waals surface area (Å²) in [7, 11) is 0. The first-order valence-corrected chi connectivity index (χ1v) is 9.47. The Hall–Kier alpha value is -0.760. The van der Waals surface area contributed by atoms with E-state index in [4.69, 9.17) is 9.47 Å². The molecule has 0 aromatic heterocycles. The quantitative estimate of drug-likeness (QED) is 0.536. The highest BCUT2D eigenvalue weighted by Gasteiger charge is 2.25. The average Bonchev–Trinajstić information content (AvgIpc) is 2.44. The van der Waals surface area contributed by atoms with Gasteiger partial charge in [-0.05, 0) is 37.8 Å². The zero-order chi connectivity index (χ0) is 20.0. The predicted octanol–water partition coefficient (Wildman–Crippen LogP) is 4.29. The summed E-state index contributed by atoms with van der Waals surface area (Å²) in [5.74, 6) is -1.98. The van der Waals surface area contributed by atoms with Gasteiger partial charge in [0.15, 0.2) is 17.4 Å². The van der Waals surface area contributed by atoms with Crippen LogP contribution in [0.2, 0.25) is 0 Å². The Kier molecular flexibility index (Phi) is 8.93. The number of nitrogens with one attached hydrogen (secondary N) is 1. The number of hydrogen-bond acceptors (Lipinski definition) is 4. The molecule has 0 amide bonds. The van der Waals surface area contributed by atoms with Crippen LogP contribution in [-0.4, -0.2) is 43.1 Å². The first kappa shape index (κ1) is 23.3. The van der Waals surface area contributed by atoms with Gasteiger partial charge in [-0.15, -0.1) is 0 Å². The van der Waals surface area contributed by atoms with Crippen molar-refractivity contribution in [3.63, 3.8) is 0 Å².